The molecule has 2 amide bonds. The summed E-state index contributed by atoms with van der Waals surface area (Å²) >= 11 is 0. The summed E-state index contributed by atoms with van der Waals surface area (Å²) in [5, 5.41) is 23.2. The van der Waals surface area contributed by atoms with Crippen LogP contribution in [0.5, 0.6) is 5.75 Å². The molecule has 4 aliphatic heterocycles. The van der Waals surface area contributed by atoms with E-state index in [4.69, 9.17) is 4.74 Å². The van der Waals surface area contributed by atoms with Gasteiger partial charge in [-0.25, -0.2) is 8.78 Å². The number of fused-ring (bicyclic) bond motifs is 1. The number of aromatic amines is 1. The summed E-state index contributed by atoms with van der Waals surface area (Å²) in [7, 11) is 1.68. The molecule has 0 saturated carbocycles. The lowest BCUT2D eigenvalue weighted by molar-refractivity contribution is -0.128. The minimum absolute atomic E-state index is 0.0683. The normalized spacial score (nSPS) is 19.4. The van der Waals surface area contributed by atoms with Crippen molar-refractivity contribution in [1.29, 1.82) is 0 Å². The first-order chi connectivity index (χ1) is 34.0. The number of H-pyrrole nitrogens is 1. The number of aliphatic hydroxyl groups excluding tert-OH is 2. The number of likely N-dealkylation sites (tertiary alicyclic amines) is 4. The number of piperidine rings is 4. The quantitative estimate of drug-likeness (QED) is 0.101. The maximum atomic E-state index is 13.3. The van der Waals surface area contributed by atoms with Crippen LogP contribution in [0.4, 0.5) is 8.78 Å². The first kappa shape index (κ1) is 50.7. The van der Waals surface area contributed by atoms with Crippen molar-refractivity contribution in [3.63, 3.8) is 0 Å². The Morgan fingerprint density at radius 1 is 0.643 bits per heavy atom. The lowest BCUT2D eigenvalue weighted by atomic mass is 9.87. The molecule has 5 aromatic rings. The molecule has 3 N–H and O–H groups in total. The van der Waals surface area contributed by atoms with Crippen molar-refractivity contribution in [1.82, 2.24) is 24.6 Å². The number of amides is 2. The Bertz CT molecular complexity index is 2510. The maximum absolute atomic E-state index is 13.3. The van der Waals surface area contributed by atoms with E-state index < -0.39 is 17.7 Å². The fourth-order valence-corrected chi connectivity index (χ4v) is 11.0. The van der Waals surface area contributed by atoms with Crippen LogP contribution in [0.25, 0.3) is 23.1 Å². The number of carbonyl (C=O) groups excluding carboxylic acids is 2. The molecule has 1 aromatic heterocycles. The van der Waals surface area contributed by atoms with Crippen LogP contribution in [0.2, 0.25) is 0 Å². The predicted molar refractivity (Wildman–Crippen MR) is 274 cm³/mol. The maximum Gasteiger partial charge on any atom is 0.246 e. The second-order valence-electron chi connectivity index (χ2n) is 20.0. The van der Waals surface area contributed by atoms with Gasteiger partial charge >= 0.3 is 0 Å². The van der Waals surface area contributed by atoms with Gasteiger partial charge in [0.15, 0.2) is 0 Å². The van der Waals surface area contributed by atoms with Crippen molar-refractivity contribution in [3.05, 3.63) is 149 Å². The standard InChI is InChI=1S/C30H37N3O2.C28H34F2N2O3/c1-22-5-4-6-23(19-22)9-10-30(35)33-17-13-25(14-18-33)29(34)21-32-15-11-24(12-16-32)27-20-31-28-8-3-2-7-26(27)28;1-35-26-5-3-21(4-6-26)22-8-12-31(13-9-22)19-27(33)23-10-14-32(15-11-23)28(34)7-2-20-16-24(29)18-25(30)17-20/h2-10,19-20,24-25,29,31,34H,11-18,21H2,1H3;2-7,16-18,22-23,27,33H,8-15,19H2,1H3/b10-9+;7-2+. The molecule has 4 aliphatic rings. The number of aromatic nitrogens is 1. The molecule has 9 rings (SSSR count). The van der Waals surface area contributed by atoms with Crippen LogP contribution in [0.3, 0.4) is 0 Å². The minimum Gasteiger partial charge on any atom is -0.497 e. The van der Waals surface area contributed by atoms with Crippen LogP contribution < -0.4 is 4.74 Å². The molecule has 372 valence electrons. The third-order valence-corrected chi connectivity index (χ3v) is 15.3. The molecule has 5 heterocycles. The van der Waals surface area contributed by atoms with Crippen LogP contribution in [0.1, 0.15) is 91.0 Å². The van der Waals surface area contributed by atoms with E-state index in [-0.39, 0.29) is 29.8 Å². The van der Waals surface area contributed by atoms with E-state index in [0.29, 0.717) is 37.0 Å². The second-order valence-corrected chi connectivity index (χ2v) is 20.0. The fraction of sp³-hybridized carbons (Fsp3) is 0.448. The Balaban J connectivity index is 0.000000188. The number of nitrogens with zero attached hydrogens (tertiary/aromatic N) is 4. The lowest BCUT2D eigenvalue weighted by Crippen LogP contribution is -2.45. The van der Waals surface area contributed by atoms with Crippen molar-refractivity contribution in [3.8, 4) is 5.75 Å². The van der Waals surface area contributed by atoms with Gasteiger partial charge in [0, 0.05) is 74.6 Å². The predicted octanol–water partition coefficient (Wildman–Crippen LogP) is 9.43. The number of methoxy groups -OCH3 is 1. The van der Waals surface area contributed by atoms with Crippen molar-refractivity contribution < 1.29 is 33.3 Å². The molecule has 0 spiro atoms. The molecular weight excluding hydrogens is 885 g/mol. The molecule has 70 heavy (non-hydrogen) atoms. The Labute approximate surface area is 412 Å². The monoisotopic (exact) mass is 956 g/mol. The van der Waals surface area contributed by atoms with Gasteiger partial charge in [0.1, 0.15) is 17.4 Å². The largest absolute Gasteiger partial charge is 0.497 e. The van der Waals surface area contributed by atoms with Gasteiger partial charge in [-0.15, -0.1) is 0 Å². The fourth-order valence-electron chi connectivity index (χ4n) is 11.0. The van der Waals surface area contributed by atoms with Crippen molar-refractivity contribution in [2.24, 2.45) is 11.8 Å². The summed E-state index contributed by atoms with van der Waals surface area (Å²) in [4.78, 5) is 37.0. The molecule has 10 nitrogen and oxygen atoms in total. The number of rotatable bonds is 13. The van der Waals surface area contributed by atoms with Gasteiger partial charge in [-0.2, -0.15) is 0 Å². The third kappa shape index (κ3) is 13.8. The third-order valence-electron chi connectivity index (χ3n) is 15.3. The number of hydrogen-bond acceptors (Lipinski definition) is 7. The van der Waals surface area contributed by atoms with E-state index in [1.54, 1.807) is 18.1 Å². The highest BCUT2D eigenvalue weighted by atomic mass is 19.1. The number of halogens is 2. The van der Waals surface area contributed by atoms with Gasteiger partial charge in [0.05, 0.1) is 19.3 Å². The zero-order chi connectivity index (χ0) is 49.0. The highest BCUT2D eigenvalue weighted by Crippen LogP contribution is 2.34. The van der Waals surface area contributed by atoms with Gasteiger partial charge in [-0.05, 0) is 173 Å². The van der Waals surface area contributed by atoms with Crippen LogP contribution >= 0.6 is 0 Å². The minimum atomic E-state index is -0.670. The summed E-state index contributed by atoms with van der Waals surface area (Å²) in [5.41, 5.74) is 6.57. The molecule has 12 heteroatoms. The number of ether oxygens (including phenoxy) is 1. The van der Waals surface area contributed by atoms with Gasteiger partial charge in [-0.1, -0.05) is 60.2 Å². The number of aryl methyl sites for hydroxylation is 1. The number of carbonyl (C=O) groups is 2. The molecule has 0 bridgehead atoms. The van der Waals surface area contributed by atoms with Gasteiger partial charge in [0.2, 0.25) is 11.8 Å². The molecule has 0 radical (unpaired) electrons. The molecule has 4 fully saturated rings. The number of benzene rings is 4. The van der Waals surface area contributed by atoms with Crippen molar-refractivity contribution >= 4 is 34.9 Å². The summed E-state index contributed by atoms with van der Waals surface area (Å²) in [5.74, 6) is 0.990. The zero-order valence-corrected chi connectivity index (χ0v) is 40.9. The Morgan fingerprint density at radius 3 is 1.71 bits per heavy atom. The van der Waals surface area contributed by atoms with Gasteiger partial charge in [0.25, 0.3) is 0 Å². The first-order valence-corrected chi connectivity index (χ1v) is 25.5. The summed E-state index contributed by atoms with van der Waals surface area (Å²) < 4.78 is 31.9. The Kier molecular flexibility index (Phi) is 17.7. The number of para-hydroxylation sites is 1. The average Bonchev–Trinajstić information content (AvgIpc) is 3.82. The van der Waals surface area contributed by atoms with E-state index in [1.807, 2.05) is 35.2 Å². The van der Waals surface area contributed by atoms with Crippen LogP contribution in [-0.4, -0.2) is 131 Å². The number of hydrogen-bond donors (Lipinski definition) is 3. The van der Waals surface area contributed by atoms with E-state index >= 15 is 0 Å². The molecule has 4 aromatic carbocycles. The summed E-state index contributed by atoms with van der Waals surface area (Å²) in [6, 6.07) is 28.2. The summed E-state index contributed by atoms with van der Waals surface area (Å²) in [6.45, 7) is 10.1. The Morgan fingerprint density at radius 2 is 1.17 bits per heavy atom. The number of β-amino-alcohol motifs (C(OH)–C–C–N with tert-alkyl or cyclic N) is 2. The zero-order valence-electron chi connectivity index (χ0n) is 40.9. The topological polar surface area (TPSA) is 113 Å². The number of nitrogens with one attached hydrogen (secondary N) is 1. The van der Waals surface area contributed by atoms with E-state index in [2.05, 4.69) is 76.4 Å². The SMILES string of the molecule is COc1ccc(C2CCN(CC(O)C3CCN(C(=O)/C=C/c4cc(F)cc(F)c4)CC3)CC2)cc1.Cc1cccc(/C=C/C(=O)N2CCC(C(O)CN3CCC(c4c[nH]c5ccccc45)CC3)CC2)c1. The molecular formula is C58H71F2N5O5. The Hall–Kier alpha value is -5.66. The van der Waals surface area contributed by atoms with Gasteiger partial charge < -0.3 is 39.5 Å². The molecule has 0 aliphatic carbocycles. The highest BCUT2D eigenvalue weighted by Gasteiger charge is 2.32. The lowest BCUT2D eigenvalue weighted by Gasteiger charge is -2.38. The smallest absolute Gasteiger partial charge is 0.246 e. The molecule has 4 saturated heterocycles. The van der Waals surface area contributed by atoms with Crippen molar-refractivity contribution in [2.45, 2.75) is 82.3 Å². The van der Waals surface area contributed by atoms with Gasteiger partial charge in [-0.3, -0.25) is 9.59 Å². The van der Waals surface area contributed by atoms with Crippen LogP contribution in [0, 0.1) is 30.4 Å². The van der Waals surface area contributed by atoms with Crippen molar-refractivity contribution in [2.75, 3.05) is 72.6 Å². The van der Waals surface area contributed by atoms with E-state index in [0.717, 1.165) is 115 Å². The first-order valence-electron chi connectivity index (χ1n) is 25.5. The average molecular weight is 956 g/mol. The molecule has 2 atom stereocenters. The second kappa shape index (κ2) is 24.4. The van der Waals surface area contributed by atoms with E-state index in [9.17, 15) is 28.6 Å². The van der Waals surface area contributed by atoms with E-state index in [1.165, 1.54) is 51.9 Å². The van der Waals surface area contributed by atoms with Crippen LogP contribution in [0.15, 0.2) is 109 Å². The number of aliphatic hydroxyl groups is 2. The summed E-state index contributed by atoms with van der Waals surface area (Å²) in [6.07, 6.45) is 15.5. The van der Waals surface area contributed by atoms with Crippen LogP contribution in [-0.2, 0) is 9.59 Å². The highest BCUT2D eigenvalue weighted by molar-refractivity contribution is 5.92. The molecule has 2 unspecified atom stereocenters.